The molecule has 2 N–H and O–H groups in total. The van der Waals surface area contributed by atoms with Gasteiger partial charge in [-0.2, -0.15) is 0 Å². The van der Waals surface area contributed by atoms with Gasteiger partial charge < -0.3 is 10.5 Å². The number of rotatable bonds is 4. The number of hydrogen-bond donors (Lipinski definition) is 1. The van der Waals surface area contributed by atoms with E-state index in [1.807, 2.05) is 13.8 Å². The molecule has 0 bridgehead atoms. The van der Waals surface area contributed by atoms with Gasteiger partial charge in [0.1, 0.15) is 24.0 Å². The van der Waals surface area contributed by atoms with Crippen LogP contribution in [0.15, 0.2) is 35.5 Å². The molecule has 1 aromatic heterocycles. The van der Waals surface area contributed by atoms with Crippen LogP contribution in [0.1, 0.15) is 40.5 Å². The Hall–Kier alpha value is -2.31. The number of pyridine rings is 1. The molecule has 1 aliphatic heterocycles. The van der Waals surface area contributed by atoms with Crippen molar-refractivity contribution in [3.63, 3.8) is 0 Å². The minimum absolute atomic E-state index is 0.0643. The Morgan fingerprint density at radius 2 is 2.19 bits per heavy atom. The molecule has 2 aromatic rings. The lowest BCUT2D eigenvalue weighted by atomic mass is 9.87. The zero-order chi connectivity index (χ0) is 19.6. The van der Waals surface area contributed by atoms with Crippen molar-refractivity contribution in [2.75, 3.05) is 13.2 Å². The topological polar surface area (TPSA) is 77.6 Å². The summed E-state index contributed by atoms with van der Waals surface area (Å²) in [5.41, 5.74) is 7.15. The van der Waals surface area contributed by atoms with Crippen molar-refractivity contribution in [3.05, 3.63) is 63.7 Å². The van der Waals surface area contributed by atoms with Crippen LogP contribution in [0.5, 0.6) is 0 Å². The highest BCUT2D eigenvalue weighted by Crippen LogP contribution is 2.33. The van der Waals surface area contributed by atoms with Crippen LogP contribution in [0.3, 0.4) is 0 Å². The molecule has 3 rings (SSSR count). The number of ether oxygens (including phenoxy) is 1. The Labute approximate surface area is 162 Å². The molecule has 2 heterocycles. The summed E-state index contributed by atoms with van der Waals surface area (Å²) in [5.74, 6) is -0.292. The number of carbonyl (C=O) groups excluding carboxylic acids is 1. The van der Waals surface area contributed by atoms with E-state index in [-0.39, 0.29) is 24.5 Å². The van der Waals surface area contributed by atoms with E-state index in [9.17, 15) is 9.18 Å². The van der Waals surface area contributed by atoms with Gasteiger partial charge in [0.2, 0.25) is 0 Å². The molecule has 1 atom stereocenters. The van der Waals surface area contributed by atoms with Gasteiger partial charge in [0, 0.05) is 24.8 Å². The zero-order valence-electron chi connectivity index (χ0n) is 15.3. The maximum atomic E-state index is 14.6. The number of amidine groups is 1. The van der Waals surface area contributed by atoms with Crippen molar-refractivity contribution >= 4 is 23.2 Å². The van der Waals surface area contributed by atoms with Crippen molar-refractivity contribution in [2.45, 2.75) is 32.2 Å². The largest absolute Gasteiger partial charge is 0.386 e. The van der Waals surface area contributed by atoms with Gasteiger partial charge in [-0.05, 0) is 49.6 Å². The molecule has 0 amide bonds. The lowest BCUT2D eigenvalue weighted by molar-refractivity contribution is 0.0988. The second-order valence-corrected chi connectivity index (χ2v) is 7.34. The molecule has 0 saturated heterocycles. The molecule has 0 aliphatic carbocycles. The zero-order valence-corrected chi connectivity index (χ0v) is 16.0. The Balaban J connectivity index is 1.91. The minimum atomic E-state index is -0.844. The summed E-state index contributed by atoms with van der Waals surface area (Å²) < 4.78 is 19.9. The van der Waals surface area contributed by atoms with Gasteiger partial charge in [-0.15, -0.1) is 0 Å². The van der Waals surface area contributed by atoms with E-state index in [0.717, 1.165) is 5.56 Å². The third-order valence-electron chi connectivity index (χ3n) is 4.59. The molecule has 0 spiro atoms. The number of nitrogens with two attached hydrogens (primary N) is 1. The molecule has 7 heteroatoms. The monoisotopic (exact) mass is 389 g/mol. The number of benzene rings is 1. The fraction of sp³-hybridized carbons (Fsp3) is 0.350. The molecular weight excluding hydrogens is 369 g/mol. The van der Waals surface area contributed by atoms with Crippen molar-refractivity contribution in [1.29, 1.82) is 0 Å². The van der Waals surface area contributed by atoms with Crippen LogP contribution in [0.4, 0.5) is 4.39 Å². The Morgan fingerprint density at radius 3 is 2.93 bits per heavy atom. The molecule has 1 aromatic carbocycles. The smallest absolute Gasteiger partial charge is 0.187 e. The number of Topliss-reactive ketones (excluding diaryl/α,β-unsaturated/α-hetero) is 1. The molecular formula is C20H21ClFN3O2. The number of nitrogens with zero attached hydrogens (tertiary/aromatic N) is 2. The van der Waals surface area contributed by atoms with E-state index in [4.69, 9.17) is 22.1 Å². The quantitative estimate of drug-likeness (QED) is 0.810. The summed E-state index contributed by atoms with van der Waals surface area (Å²) in [5, 5.41) is 0.313. The fourth-order valence-electron chi connectivity index (χ4n) is 3.15. The molecule has 0 saturated carbocycles. The average Bonchev–Trinajstić information content (AvgIpc) is 2.77. The lowest BCUT2D eigenvalue weighted by Gasteiger charge is -2.25. The standard InChI is InChI=1S/C20H21ClFN3O2/c1-12-7-15(21)19(24-10-12)17(26)9-13-3-4-16(22)14(8-13)20(2)5-6-27-11-18(23)25-20/h3-4,7-8,10H,5-6,9,11H2,1-2H3,(H2,23,25)/t20-/m0/s1. The normalized spacial score (nSPS) is 20.1. The van der Waals surface area contributed by atoms with Crippen LogP contribution in [-0.2, 0) is 16.7 Å². The van der Waals surface area contributed by atoms with E-state index in [2.05, 4.69) is 9.98 Å². The van der Waals surface area contributed by atoms with Gasteiger partial charge in [-0.25, -0.2) is 4.39 Å². The first-order chi connectivity index (χ1) is 12.8. The number of aromatic nitrogens is 1. The maximum absolute atomic E-state index is 14.6. The summed E-state index contributed by atoms with van der Waals surface area (Å²) in [4.78, 5) is 21.2. The molecule has 0 fully saturated rings. The third kappa shape index (κ3) is 4.34. The van der Waals surface area contributed by atoms with Crippen molar-refractivity contribution < 1.29 is 13.9 Å². The fourth-order valence-corrected chi connectivity index (χ4v) is 3.48. The lowest BCUT2D eigenvalue weighted by Crippen LogP contribution is -2.25. The number of halogens is 2. The highest BCUT2D eigenvalue weighted by Gasteiger charge is 2.31. The summed E-state index contributed by atoms with van der Waals surface area (Å²) in [6.45, 7) is 4.32. The number of aliphatic imine (C=N–C) groups is 1. The van der Waals surface area contributed by atoms with Crippen LogP contribution < -0.4 is 5.73 Å². The molecule has 0 radical (unpaired) electrons. The van der Waals surface area contributed by atoms with Crippen LogP contribution >= 0.6 is 11.6 Å². The van der Waals surface area contributed by atoms with Gasteiger partial charge in [-0.3, -0.25) is 14.8 Å². The van der Waals surface area contributed by atoms with Crippen LogP contribution in [0.25, 0.3) is 0 Å². The third-order valence-corrected chi connectivity index (χ3v) is 4.88. The van der Waals surface area contributed by atoms with Crippen LogP contribution in [0.2, 0.25) is 5.02 Å². The summed E-state index contributed by atoms with van der Waals surface area (Å²) >= 11 is 6.14. The van der Waals surface area contributed by atoms with E-state index in [0.29, 0.717) is 35.0 Å². The van der Waals surface area contributed by atoms with Crippen molar-refractivity contribution in [1.82, 2.24) is 4.98 Å². The second-order valence-electron chi connectivity index (χ2n) is 6.94. The predicted molar refractivity (Wildman–Crippen MR) is 103 cm³/mol. The van der Waals surface area contributed by atoms with E-state index in [1.54, 1.807) is 24.4 Å². The first-order valence-corrected chi connectivity index (χ1v) is 9.02. The van der Waals surface area contributed by atoms with Gasteiger partial charge in [-0.1, -0.05) is 17.7 Å². The van der Waals surface area contributed by atoms with E-state index in [1.165, 1.54) is 6.07 Å². The van der Waals surface area contributed by atoms with E-state index >= 15 is 0 Å². The van der Waals surface area contributed by atoms with Crippen molar-refractivity contribution in [3.8, 4) is 0 Å². The molecule has 5 nitrogen and oxygen atoms in total. The predicted octanol–water partition coefficient (Wildman–Crippen LogP) is 3.60. The van der Waals surface area contributed by atoms with Gasteiger partial charge in [0.05, 0.1) is 10.6 Å². The molecule has 142 valence electrons. The minimum Gasteiger partial charge on any atom is -0.386 e. The number of aryl methyl sites for hydroxylation is 1. The number of ketones is 1. The van der Waals surface area contributed by atoms with Gasteiger partial charge in [0.25, 0.3) is 0 Å². The Morgan fingerprint density at radius 1 is 1.41 bits per heavy atom. The van der Waals surface area contributed by atoms with E-state index < -0.39 is 11.4 Å². The molecule has 27 heavy (non-hydrogen) atoms. The van der Waals surface area contributed by atoms with Crippen LogP contribution in [0, 0.1) is 12.7 Å². The molecule has 0 unspecified atom stereocenters. The van der Waals surface area contributed by atoms with Crippen molar-refractivity contribution in [2.24, 2.45) is 10.7 Å². The second kappa shape index (κ2) is 7.74. The van der Waals surface area contributed by atoms with Gasteiger partial charge >= 0.3 is 0 Å². The Bertz CT molecular complexity index is 916. The maximum Gasteiger partial charge on any atom is 0.187 e. The average molecular weight is 390 g/mol. The highest BCUT2D eigenvalue weighted by molar-refractivity contribution is 6.33. The summed E-state index contributed by atoms with van der Waals surface area (Å²) in [7, 11) is 0. The first kappa shape index (κ1) is 19.5. The highest BCUT2D eigenvalue weighted by atomic mass is 35.5. The number of carbonyl (C=O) groups is 1. The van der Waals surface area contributed by atoms with Gasteiger partial charge in [0.15, 0.2) is 5.78 Å². The number of hydrogen-bond acceptors (Lipinski definition) is 5. The summed E-state index contributed by atoms with van der Waals surface area (Å²) in [6, 6.07) is 6.30. The van der Waals surface area contributed by atoms with Crippen LogP contribution in [-0.4, -0.2) is 29.8 Å². The first-order valence-electron chi connectivity index (χ1n) is 8.65. The summed E-state index contributed by atoms with van der Waals surface area (Å²) in [6.07, 6.45) is 2.15. The Kier molecular flexibility index (Phi) is 5.58. The molecule has 1 aliphatic rings. The SMILES string of the molecule is Cc1cnc(C(=O)Cc2ccc(F)c([C@]3(C)CCOCC(N)=N3)c2)c(Cl)c1.